The standard InChI is InChI=1S/C15H17F2NO2/c16-11-7-10-9-18(6-3-12(10)13(17)8-11)14(19)15(20)4-1-2-5-15/h7-8,20H,1-6,9H2. The van der Waals surface area contributed by atoms with Crippen molar-refractivity contribution in [2.75, 3.05) is 6.54 Å². The molecule has 1 amide bonds. The van der Waals surface area contributed by atoms with Crippen LogP contribution < -0.4 is 0 Å². The largest absolute Gasteiger partial charge is 0.380 e. The summed E-state index contributed by atoms with van der Waals surface area (Å²) in [5, 5.41) is 10.3. The summed E-state index contributed by atoms with van der Waals surface area (Å²) >= 11 is 0. The number of hydrogen-bond acceptors (Lipinski definition) is 2. The second kappa shape index (κ2) is 4.81. The number of hydrogen-bond donors (Lipinski definition) is 1. The van der Waals surface area contributed by atoms with Gasteiger partial charge in [-0.25, -0.2) is 8.78 Å². The molecule has 0 aromatic heterocycles. The Hall–Kier alpha value is -1.49. The highest BCUT2D eigenvalue weighted by Crippen LogP contribution is 2.33. The molecule has 0 spiro atoms. The van der Waals surface area contributed by atoms with E-state index >= 15 is 0 Å². The second-order valence-electron chi connectivity index (χ2n) is 5.74. The number of benzene rings is 1. The zero-order chi connectivity index (χ0) is 14.3. The molecule has 1 heterocycles. The first-order valence-electron chi connectivity index (χ1n) is 6.98. The van der Waals surface area contributed by atoms with E-state index in [9.17, 15) is 18.7 Å². The smallest absolute Gasteiger partial charge is 0.254 e. The fourth-order valence-corrected chi connectivity index (χ4v) is 3.25. The lowest BCUT2D eigenvalue weighted by atomic mass is 9.95. The van der Waals surface area contributed by atoms with Crippen LogP contribution in [0.25, 0.3) is 0 Å². The van der Waals surface area contributed by atoms with Gasteiger partial charge in [-0.3, -0.25) is 4.79 Å². The molecule has 1 aliphatic heterocycles. The summed E-state index contributed by atoms with van der Waals surface area (Å²) in [6.45, 7) is 0.544. The first-order valence-corrected chi connectivity index (χ1v) is 6.98. The van der Waals surface area contributed by atoms with E-state index in [1.54, 1.807) is 0 Å². The molecule has 0 atom stereocenters. The van der Waals surface area contributed by atoms with Gasteiger partial charge in [-0.1, -0.05) is 0 Å². The second-order valence-corrected chi connectivity index (χ2v) is 5.74. The van der Waals surface area contributed by atoms with Crippen molar-refractivity contribution in [2.24, 2.45) is 0 Å². The van der Waals surface area contributed by atoms with Crippen LogP contribution in [-0.4, -0.2) is 28.1 Å². The van der Waals surface area contributed by atoms with Gasteiger partial charge >= 0.3 is 0 Å². The quantitative estimate of drug-likeness (QED) is 0.857. The van der Waals surface area contributed by atoms with Crippen molar-refractivity contribution in [1.29, 1.82) is 0 Å². The summed E-state index contributed by atoms with van der Waals surface area (Å²) in [5.74, 6) is -1.48. The molecule has 0 unspecified atom stereocenters. The van der Waals surface area contributed by atoms with Crippen LogP contribution in [-0.2, 0) is 17.8 Å². The van der Waals surface area contributed by atoms with Crippen LogP contribution in [0, 0.1) is 11.6 Å². The van der Waals surface area contributed by atoms with Crippen molar-refractivity contribution >= 4 is 5.91 Å². The summed E-state index contributed by atoms with van der Waals surface area (Å²) in [6, 6.07) is 2.15. The molecule has 3 rings (SSSR count). The van der Waals surface area contributed by atoms with E-state index in [-0.39, 0.29) is 12.5 Å². The number of amides is 1. The molecule has 1 aromatic carbocycles. The predicted molar refractivity (Wildman–Crippen MR) is 68.9 cm³/mol. The number of aliphatic hydroxyl groups is 1. The summed E-state index contributed by atoms with van der Waals surface area (Å²) in [6.07, 6.45) is 3.01. The third-order valence-corrected chi connectivity index (χ3v) is 4.36. The van der Waals surface area contributed by atoms with Crippen molar-refractivity contribution in [2.45, 2.75) is 44.2 Å². The summed E-state index contributed by atoms with van der Waals surface area (Å²) in [5.41, 5.74) is -0.291. The lowest BCUT2D eigenvalue weighted by Gasteiger charge is -2.34. The third kappa shape index (κ3) is 2.20. The van der Waals surface area contributed by atoms with Crippen LogP contribution >= 0.6 is 0 Å². The van der Waals surface area contributed by atoms with E-state index in [0.29, 0.717) is 36.9 Å². The molecule has 20 heavy (non-hydrogen) atoms. The molecule has 1 aliphatic carbocycles. The summed E-state index contributed by atoms with van der Waals surface area (Å²) in [7, 11) is 0. The molecule has 3 nitrogen and oxygen atoms in total. The first-order chi connectivity index (χ1) is 9.49. The van der Waals surface area contributed by atoms with Crippen LogP contribution in [0.5, 0.6) is 0 Å². The average molecular weight is 281 g/mol. The molecule has 0 radical (unpaired) electrons. The molecule has 1 fully saturated rings. The number of nitrogens with zero attached hydrogens (tertiary/aromatic N) is 1. The predicted octanol–water partition coefficient (Wildman–Crippen LogP) is 2.15. The summed E-state index contributed by atoms with van der Waals surface area (Å²) in [4.78, 5) is 13.9. The maximum atomic E-state index is 13.6. The zero-order valence-corrected chi connectivity index (χ0v) is 11.2. The van der Waals surface area contributed by atoms with Gasteiger partial charge in [0.25, 0.3) is 5.91 Å². The van der Waals surface area contributed by atoms with Gasteiger partial charge in [-0.2, -0.15) is 0 Å². The fraction of sp³-hybridized carbons (Fsp3) is 0.533. The molecule has 108 valence electrons. The average Bonchev–Trinajstić information content (AvgIpc) is 2.85. The van der Waals surface area contributed by atoms with Crippen LogP contribution in [0.2, 0.25) is 0 Å². The minimum atomic E-state index is -1.27. The van der Waals surface area contributed by atoms with Crippen LogP contribution in [0.3, 0.4) is 0 Å². The number of carbonyl (C=O) groups is 1. The summed E-state index contributed by atoms with van der Waals surface area (Å²) < 4.78 is 26.9. The first kappa shape index (κ1) is 13.5. The van der Waals surface area contributed by atoms with E-state index < -0.39 is 17.2 Å². The molecule has 1 aromatic rings. The van der Waals surface area contributed by atoms with E-state index in [1.807, 2.05) is 0 Å². The van der Waals surface area contributed by atoms with Gasteiger partial charge in [-0.15, -0.1) is 0 Å². The Labute approximate surface area is 116 Å². The fourth-order valence-electron chi connectivity index (χ4n) is 3.25. The van der Waals surface area contributed by atoms with E-state index in [4.69, 9.17) is 0 Å². The van der Waals surface area contributed by atoms with Gasteiger partial charge in [0, 0.05) is 19.2 Å². The Morgan fingerprint density at radius 2 is 1.95 bits per heavy atom. The molecular formula is C15H17F2NO2. The number of rotatable bonds is 1. The van der Waals surface area contributed by atoms with Gasteiger partial charge in [0.1, 0.15) is 17.2 Å². The molecular weight excluding hydrogens is 264 g/mol. The Morgan fingerprint density at radius 3 is 2.65 bits per heavy atom. The Balaban J connectivity index is 1.83. The van der Waals surface area contributed by atoms with Crippen molar-refractivity contribution in [3.63, 3.8) is 0 Å². The third-order valence-electron chi connectivity index (χ3n) is 4.36. The Morgan fingerprint density at radius 1 is 1.25 bits per heavy atom. The van der Waals surface area contributed by atoms with Gasteiger partial charge in [-0.05, 0) is 49.3 Å². The van der Waals surface area contributed by atoms with E-state index in [1.165, 1.54) is 11.0 Å². The van der Waals surface area contributed by atoms with Crippen molar-refractivity contribution in [3.05, 3.63) is 34.9 Å². The number of halogens is 2. The van der Waals surface area contributed by atoms with Crippen molar-refractivity contribution < 1.29 is 18.7 Å². The lowest BCUT2D eigenvalue weighted by molar-refractivity contribution is -0.151. The maximum absolute atomic E-state index is 13.6. The molecule has 0 bridgehead atoms. The number of carbonyl (C=O) groups excluding carboxylic acids is 1. The topological polar surface area (TPSA) is 40.5 Å². The Kier molecular flexibility index (Phi) is 3.24. The highest BCUT2D eigenvalue weighted by atomic mass is 19.1. The van der Waals surface area contributed by atoms with Crippen LogP contribution in [0.15, 0.2) is 12.1 Å². The van der Waals surface area contributed by atoms with Gasteiger partial charge in [0.2, 0.25) is 0 Å². The molecule has 2 aliphatic rings. The van der Waals surface area contributed by atoms with Gasteiger partial charge < -0.3 is 10.0 Å². The molecule has 1 saturated carbocycles. The van der Waals surface area contributed by atoms with Gasteiger partial charge in [0.15, 0.2) is 0 Å². The highest BCUT2D eigenvalue weighted by molar-refractivity contribution is 5.85. The molecule has 1 N–H and O–H groups in total. The van der Waals surface area contributed by atoms with Crippen LogP contribution in [0.1, 0.15) is 36.8 Å². The maximum Gasteiger partial charge on any atom is 0.254 e. The highest BCUT2D eigenvalue weighted by Gasteiger charge is 2.42. The number of fused-ring (bicyclic) bond motifs is 1. The van der Waals surface area contributed by atoms with E-state index in [0.717, 1.165) is 18.9 Å². The van der Waals surface area contributed by atoms with Crippen molar-refractivity contribution in [1.82, 2.24) is 4.90 Å². The minimum Gasteiger partial charge on any atom is -0.380 e. The monoisotopic (exact) mass is 281 g/mol. The van der Waals surface area contributed by atoms with Gasteiger partial charge in [0.05, 0.1) is 0 Å². The Bertz CT molecular complexity index is 553. The SMILES string of the molecule is O=C(N1CCc2c(F)cc(F)cc2C1)C1(O)CCCC1. The zero-order valence-electron chi connectivity index (χ0n) is 11.2. The molecule has 5 heteroatoms. The van der Waals surface area contributed by atoms with E-state index in [2.05, 4.69) is 0 Å². The van der Waals surface area contributed by atoms with Crippen LogP contribution in [0.4, 0.5) is 8.78 Å². The van der Waals surface area contributed by atoms with Crippen molar-refractivity contribution in [3.8, 4) is 0 Å². The minimum absolute atomic E-state index is 0.172. The lowest BCUT2D eigenvalue weighted by Crippen LogP contribution is -2.49. The normalized spacial score (nSPS) is 20.9. The molecule has 0 saturated heterocycles.